The Balaban J connectivity index is 2.97. The molecule has 0 aromatic heterocycles. The Bertz CT molecular complexity index is 129. The molecule has 0 aliphatic carbocycles. The Hall–Kier alpha value is 0.0900. The van der Waals surface area contributed by atoms with Gasteiger partial charge in [-0.1, -0.05) is 58.4 Å². The molecule has 0 rings (SSSR count). The molecule has 0 aromatic rings. The maximum absolute atomic E-state index is 2.35. The largest absolute Gasteiger partial charge is 0.134 e. The minimum Gasteiger partial charge on any atom is -0.134 e. The fourth-order valence-corrected chi connectivity index (χ4v) is 2.28. The van der Waals surface area contributed by atoms with Crippen molar-refractivity contribution in [3.05, 3.63) is 11.5 Å². The van der Waals surface area contributed by atoms with Gasteiger partial charge in [-0.15, -0.1) is 11.8 Å². The molecule has 0 N–H and O–H groups in total. The third kappa shape index (κ3) is 14.1. The lowest BCUT2D eigenvalue weighted by molar-refractivity contribution is 0.675. The van der Waals surface area contributed by atoms with Gasteiger partial charge in [0, 0.05) is 0 Å². The molecule has 90 valence electrons. The summed E-state index contributed by atoms with van der Waals surface area (Å²) in [6.07, 6.45) is 14.7. The predicted octanol–water partition coefficient (Wildman–Crippen LogP) is 5.78. The van der Waals surface area contributed by atoms with Gasteiger partial charge in [-0.2, -0.15) is 0 Å². The molecule has 0 saturated heterocycles. The van der Waals surface area contributed by atoms with Crippen molar-refractivity contribution < 1.29 is 0 Å². The maximum Gasteiger partial charge on any atom is -0.00261 e. The van der Waals surface area contributed by atoms with E-state index in [4.69, 9.17) is 0 Å². The summed E-state index contributed by atoms with van der Waals surface area (Å²) in [6, 6.07) is 0. The summed E-state index contributed by atoms with van der Waals surface area (Å²) in [5.41, 5.74) is 0. The van der Waals surface area contributed by atoms with Crippen molar-refractivity contribution in [2.24, 2.45) is 0 Å². The molecule has 0 heterocycles. The number of allylic oxidation sites excluding steroid dienone is 1. The van der Waals surface area contributed by atoms with Crippen LogP contribution in [0.15, 0.2) is 11.5 Å². The topological polar surface area (TPSA) is 0 Å². The van der Waals surface area contributed by atoms with Crippen molar-refractivity contribution in [2.45, 2.75) is 71.6 Å². The fourth-order valence-electron chi connectivity index (χ4n) is 1.51. The van der Waals surface area contributed by atoms with E-state index in [-0.39, 0.29) is 0 Å². The highest BCUT2D eigenvalue weighted by Gasteiger charge is 1.87. The first-order chi connectivity index (χ1) is 7.41. The van der Waals surface area contributed by atoms with Crippen LogP contribution in [-0.2, 0) is 0 Å². The van der Waals surface area contributed by atoms with Crippen LogP contribution in [0.5, 0.6) is 0 Å². The Kier molecular flexibility index (Phi) is 14.2. The van der Waals surface area contributed by atoms with Crippen molar-refractivity contribution in [3.8, 4) is 0 Å². The van der Waals surface area contributed by atoms with Crippen molar-refractivity contribution in [1.29, 1.82) is 0 Å². The van der Waals surface area contributed by atoms with E-state index in [1.165, 1.54) is 63.5 Å². The highest BCUT2D eigenvalue weighted by molar-refractivity contribution is 8.02. The Morgan fingerprint density at radius 2 is 1.47 bits per heavy atom. The first kappa shape index (κ1) is 15.1. The summed E-state index contributed by atoms with van der Waals surface area (Å²) in [5.74, 6) is 1.31. The lowest BCUT2D eigenvalue weighted by Crippen LogP contribution is -1.78. The van der Waals surface area contributed by atoms with E-state index in [0.29, 0.717) is 0 Å². The zero-order valence-electron chi connectivity index (χ0n) is 10.6. The summed E-state index contributed by atoms with van der Waals surface area (Å²) in [5, 5.41) is 2.30. The lowest BCUT2D eigenvalue weighted by atomic mass is 10.2. The third-order valence-corrected chi connectivity index (χ3v) is 3.44. The van der Waals surface area contributed by atoms with E-state index in [1.54, 1.807) is 0 Å². The molecular weight excluding hydrogens is 200 g/mol. The SMILES string of the molecule is CCCCCC/C=C\SCCCCCC. The maximum atomic E-state index is 2.35. The van der Waals surface area contributed by atoms with Gasteiger partial charge in [-0.05, 0) is 30.4 Å². The molecule has 1 heteroatoms. The molecule has 0 atom stereocenters. The molecule has 0 unspecified atom stereocenters. The normalized spacial score (nSPS) is 11.3. The van der Waals surface area contributed by atoms with Crippen LogP contribution in [0.4, 0.5) is 0 Å². The molecule has 0 amide bonds. The quantitative estimate of drug-likeness (QED) is 0.404. The number of hydrogen-bond acceptors (Lipinski definition) is 1. The van der Waals surface area contributed by atoms with Gasteiger partial charge in [0.25, 0.3) is 0 Å². The van der Waals surface area contributed by atoms with Crippen LogP contribution in [0.2, 0.25) is 0 Å². The summed E-state index contributed by atoms with van der Waals surface area (Å²) >= 11 is 1.99. The second-order valence-corrected chi connectivity index (χ2v) is 5.17. The van der Waals surface area contributed by atoms with Gasteiger partial charge < -0.3 is 0 Å². The number of unbranched alkanes of at least 4 members (excludes halogenated alkanes) is 7. The standard InChI is InChI=1S/C14H28S/c1-3-5-7-9-10-12-14-15-13-11-8-6-4-2/h12,14H,3-11,13H2,1-2H3/b14-12-. The van der Waals surface area contributed by atoms with Gasteiger partial charge >= 0.3 is 0 Å². The highest BCUT2D eigenvalue weighted by atomic mass is 32.2. The second kappa shape index (κ2) is 14.1. The molecule has 0 nitrogen and oxygen atoms in total. The molecule has 0 fully saturated rings. The average Bonchev–Trinajstić information content (AvgIpc) is 2.26. The van der Waals surface area contributed by atoms with Crippen LogP contribution in [0.25, 0.3) is 0 Å². The summed E-state index contributed by atoms with van der Waals surface area (Å²) in [4.78, 5) is 0. The minimum absolute atomic E-state index is 1.28. The third-order valence-electron chi connectivity index (χ3n) is 2.53. The number of rotatable bonds is 11. The summed E-state index contributed by atoms with van der Waals surface area (Å²) < 4.78 is 0. The Labute approximate surface area is 101 Å². The molecule has 15 heavy (non-hydrogen) atoms. The van der Waals surface area contributed by atoms with E-state index in [2.05, 4.69) is 25.3 Å². The van der Waals surface area contributed by atoms with E-state index in [1.807, 2.05) is 11.8 Å². The minimum atomic E-state index is 1.28. The van der Waals surface area contributed by atoms with Crippen molar-refractivity contribution >= 4 is 11.8 Å². The molecule has 0 bridgehead atoms. The molecular formula is C14H28S. The van der Waals surface area contributed by atoms with Gasteiger partial charge in [0.1, 0.15) is 0 Å². The molecule has 0 spiro atoms. The van der Waals surface area contributed by atoms with Crippen LogP contribution < -0.4 is 0 Å². The molecule has 0 aliphatic rings. The van der Waals surface area contributed by atoms with Crippen LogP contribution in [0.1, 0.15) is 71.6 Å². The van der Waals surface area contributed by atoms with Gasteiger partial charge in [0.05, 0.1) is 0 Å². The molecule has 0 saturated carbocycles. The number of hydrogen-bond donors (Lipinski definition) is 0. The zero-order valence-corrected chi connectivity index (χ0v) is 11.5. The van der Waals surface area contributed by atoms with Crippen LogP contribution >= 0.6 is 11.8 Å². The predicted molar refractivity (Wildman–Crippen MR) is 74.5 cm³/mol. The van der Waals surface area contributed by atoms with Crippen molar-refractivity contribution in [2.75, 3.05) is 5.75 Å². The average molecular weight is 228 g/mol. The van der Waals surface area contributed by atoms with Crippen molar-refractivity contribution in [1.82, 2.24) is 0 Å². The van der Waals surface area contributed by atoms with Crippen molar-refractivity contribution in [3.63, 3.8) is 0 Å². The molecule has 0 aromatic carbocycles. The van der Waals surface area contributed by atoms with Crippen LogP contribution in [0, 0.1) is 0 Å². The van der Waals surface area contributed by atoms with Crippen LogP contribution in [-0.4, -0.2) is 5.75 Å². The fraction of sp³-hybridized carbons (Fsp3) is 0.857. The lowest BCUT2D eigenvalue weighted by Gasteiger charge is -1.96. The van der Waals surface area contributed by atoms with Gasteiger partial charge in [0.15, 0.2) is 0 Å². The monoisotopic (exact) mass is 228 g/mol. The van der Waals surface area contributed by atoms with Gasteiger partial charge in [-0.3, -0.25) is 0 Å². The van der Waals surface area contributed by atoms with Crippen LogP contribution in [0.3, 0.4) is 0 Å². The zero-order chi connectivity index (χ0) is 11.2. The highest BCUT2D eigenvalue weighted by Crippen LogP contribution is 2.10. The smallest absolute Gasteiger partial charge is 0.00261 e. The van der Waals surface area contributed by atoms with E-state index >= 15 is 0 Å². The second-order valence-electron chi connectivity index (χ2n) is 4.15. The first-order valence-corrected chi connectivity index (χ1v) is 7.73. The molecule has 0 aliphatic heterocycles. The van der Waals surface area contributed by atoms with E-state index in [9.17, 15) is 0 Å². The molecule has 0 radical (unpaired) electrons. The van der Waals surface area contributed by atoms with E-state index in [0.717, 1.165) is 0 Å². The van der Waals surface area contributed by atoms with Gasteiger partial charge in [-0.25, -0.2) is 0 Å². The summed E-state index contributed by atoms with van der Waals surface area (Å²) in [7, 11) is 0. The first-order valence-electron chi connectivity index (χ1n) is 6.68. The Morgan fingerprint density at radius 1 is 0.800 bits per heavy atom. The Morgan fingerprint density at radius 3 is 2.13 bits per heavy atom. The summed E-state index contributed by atoms with van der Waals surface area (Å²) in [6.45, 7) is 4.53. The number of thioether (sulfide) groups is 1. The van der Waals surface area contributed by atoms with Gasteiger partial charge in [0.2, 0.25) is 0 Å². The van der Waals surface area contributed by atoms with E-state index < -0.39 is 0 Å².